The Morgan fingerprint density at radius 3 is 1.33 bits per heavy atom. The summed E-state index contributed by atoms with van der Waals surface area (Å²) in [6, 6.07) is 20.9. The van der Waals surface area contributed by atoms with Gasteiger partial charge in [-0.15, -0.1) is 22.7 Å². The summed E-state index contributed by atoms with van der Waals surface area (Å²) in [6.45, 7) is 8.51. The molecule has 0 unspecified atom stereocenters. The number of nitrogens with zero attached hydrogens (tertiary/aromatic N) is 1. The van der Waals surface area contributed by atoms with Crippen molar-refractivity contribution < 1.29 is 66.7 Å². The maximum Gasteiger partial charge on any atom is 0.330 e. The number of benzene rings is 3. The van der Waals surface area contributed by atoms with Crippen LogP contribution in [0.4, 0.5) is 0 Å². The highest BCUT2D eigenvalue weighted by Crippen LogP contribution is 2.43. The Morgan fingerprint density at radius 1 is 0.493 bits per heavy atom. The molecule has 0 N–H and O–H groups in total. The van der Waals surface area contributed by atoms with Crippen LogP contribution in [0.5, 0.6) is 34.5 Å². The largest absolute Gasteiger partial charge is 0.494 e. The number of carbonyl (C=O) groups excluding carboxylic acids is 6. The van der Waals surface area contributed by atoms with E-state index >= 15 is 0 Å². The van der Waals surface area contributed by atoms with Gasteiger partial charge in [-0.1, -0.05) is 19.2 Å². The van der Waals surface area contributed by atoms with Crippen molar-refractivity contribution in [2.24, 2.45) is 23.7 Å². The van der Waals surface area contributed by atoms with Crippen LogP contribution < -0.4 is 28.4 Å². The van der Waals surface area contributed by atoms with Gasteiger partial charge in [0.1, 0.15) is 38.2 Å². The summed E-state index contributed by atoms with van der Waals surface area (Å²) < 4.78 is 45.6. The first-order chi connectivity index (χ1) is 35.6. The van der Waals surface area contributed by atoms with E-state index in [1.807, 2.05) is 17.5 Å². The average Bonchev–Trinajstić information content (AvgIpc) is 4.13. The van der Waals surface area contributed by atoms with E-state index in [0.717, 1.165) is 62.0 Å². The zero-order valence-corrected chi connectivity index (χ0v) is 42.4. The number of fused-ring (bicyclic) bond motifs is 1. The number of ether oxygens (including phenoxy) is 8. The van der Waals surface area contributed by atoms with E-state index in [1.165, 1.54) is 22.7 Å². The maximum atomic E-state index is 13.7. The third-order valence-corrected chi connectivity index (χ3v) is 14.8. The fourth-order valence-corrected chi connectivity index (χ4v) is 10.4. The third-order valence-electron chi connectivity index (χ3n) is 12.7. The molecule has 73 heavy (non-hydrogen) atoms. The Labute approximate surface area is 432 Å². The number of rotatable bonds is 26. The fraction of sp³-hybridized carbons (Fsp3) is 0.411. The van der Waals surface area contributed by atoms with Crippen LogP contribution in [0, 0.1) is 23.7 Å². The van der Waals surface area contributed by atoms with Gasteiger partial charge in [-0.2, -0.15) is 0 Å². The second kappa shape index (κ2) is 27.8. The molecule has 2 aromatic heterocycles. The molecule has 15 nitrogen and oxygen atoms in total. The molecule has 0 aliphatic heterocycles. The van der Waals surface area contributed by atoms with Gasteiger partial charge in [-0.25, -0.2) is 14.6 Å². The number of unbranched alkanes of at least 4 members (excludes halogenated alkanes) is 5. The lowest BCUT2D eigenvalue weighted by Crippen LogP contribution is -2.30. The van der Waals surface area contributed by atoms with Crippen LogP contribution in [-0.4, -0.2) is 67.2 Å². The van der Waals surface area contributed by atoms with E-state index in [2.05, 4.69) is 13.2 Å². The Morgan fingerprint density at radius 2 is 0.890 bits per heavy atom. The minimum absolute atomic E-state index is 0.259. The smallest absolute Gasteiger partial charge is 0.330 e. The summed E-state index contributed by atoms with van der Waals surface area (Å²) >= 11 is 2.87. The van der Waals surface area contributed by atoms with Crippen LogP contribution in [0.15, 0.2) is 103 Å². The number of aromatic nitrogens is 1. The fourth-order valence-electron chi connectivity index (χ4n) is 8.53. The monoisotopic (exact) mass is 1040 g/mol. The van der Waals surface area contributed by atoms with Crippen molar-refractivity contribution in [1.29, 1.82) is 0 Å². The normalized spacial score (nSPS) is 17.4. The number of carbonyl (C=O) groups is 6. The molecule has 2 heterocycles. The van der Waals surface area contributed by atoms with Gasteiger partial charge >= 0.3 is 35.8 Å². The lowest BCUT2D eigenvalue weighted by molar-refractivity contribution is -0.145. The van der Waals surface area contributed by atoms with Gasteiger partial charge in [0.15, 0.2) is 11.5 Å². The molecule has 0 amide bonds. The van der Waals surface area contributed by atoms with E-state index < -0.39 is 35.7 Å². The molecular weight excluding hydrogens is 975 g/mol. The van der Waals surface area contributed by atoms with Crippen LogP contribution >= 0.6 is 22.7 Å². The molecule has 5 aromatic rings. The minimum Gasteiger partial charge on any atom is -0.494 e. The molecule has 0 spiro atoms. The van der Waals surface area contributed by atoms with E-state index in [0.29, 0.717) is 122 Å². The zero-order valence-electron chi connectivity index (χ0n) is 40.8. The highest BCUT2D eigenvalue weighted by atomic mass is 32.1. The maximum absolute atomic E-state index is 13.7. The van der Waals surface area contributed by atoms with Gasteiger partial charge in [0.05, 0.1) is 55.0 Å². The standard InChI is InChI=1S/C56H61NO14S2/c1-3-48(58)66-34-9-6-5-8-32-64-41-22-26-43(27-23-41)69-54(61)38-16-20-40(21-17-38)56(63)71-46-31-30-45(50-51(46)73-52(57-50)47-13-12-36-72-47)70-55(62)39-18-14-37(15-19-39)53(60)68-44-28-24-42(25-29-44)65-33-10-7-11-35-67-49(59)4-2/h3-4,12-13,22-31,36-40H,1-2,5-11,14-21,32-35H2. The van der Waals surface area contributed by atoms with Crippen molar-refractivity contribution in [3.8, 4) is 44.4 Å². The lowest BCUT2D eigenvalue weighted by Gasteiger charge is -2.26. The molecule has 2 aliphatic carbocycles. The minimum atomic E-state index is -0.430. The molecule has 3 aromatic carbocycles. The molecule has 0 atom stereocenters. The van der Waals surface area contributed by atoms with Gasteiger partial charge in [-0.05, 0) is 168 Å². The summed E-state index contributed by atoms with van der Waals surface area (Å²) in [4.78, 5) is 81.6. The van der Waals surface area contributed by atoms with E-state index in [9.17, 15) is 28.8 Å². The topological polar surface area (TPSA) is 189 Å². The molecule has 386 valence electrons. The SMILES string of the molecule is C=CC(=O)OCCCCCCOc1ccc(OC(=O)C2CCC(C(=O)Oc3ccc(OC(=O)C4CCC(C(=O)Oc5ccc(OCCCCCOC(=O)C=C)cc5)CC4)c4nc(-c5cccs5)sc34)CC2)cc1. The summed E-state index contributed by atoms with van der Waals surface area (Å²) in [6.07, 6.45) is 11.8. The molecule has 2 saturated carbocycles. The second-order valence-electron chi connectivity index (χ2n) is 17.9. The molecule has 0 saturated heterocycles. The molecule has 2 fully saturated rings. The number of hydrogen-bond acceptors (Lipinski definition) is 17. The summed E-state index contributed by atoms with van der Waals surface area (Å²) in [5.74, 6) is -1.21. The predicted octanol–water partition coefficient (Wildman–Crippen LogP) is 11.6. The Balaban J connectivity index is 0.842. The van der Waals surface area contributed by atoms with Gasteiger partial charge in [0, 0.05) is 12.2 Å². The third kappa shape index (κ3) is 16.3. The van der Waals surface area contributed by atoms with Gasteiger partial charge in [0.2, 0.25) is 0 Å². The van der Waals surface area contributed by atoms with Crippen LogP contribution in [0.3, 0.4) is 0 Å². The Bertz CT molecular complexity index is 2640. The summed E-state index contributed by atoms with van der Waals surface area (Å²) in [5.41, 5.74) is 0.410. The number of hydrogen-bond donors (Lipinski definition) is 0. The van der Waals surface area contributed by atoms with Gasteiger partial charge in [-0.3, -0.25) is 19.2 Å². The Hall–Kier alpha value is -6.85. The Kier molecular flexibility index (Phi) is 20.6. The van der Waals surface area contributed by atoms with Gasteiger partial charge in [0.25, 0.3) is 0 Å². The predicted molar refractivity (Wildman–Crippen MR) is 275 cm³/mol. The summed E-state index contributed by atoms with van der Waals surface area (Å²) in [7, 11) is 0. The summed E-state index contributed by atoms with van der Waals surface area (Å²) in [5, 5.41) is 2.64. The van der Waals surface area contributed by atoms with E-state index in [1.54, 1.807) is 60.7 Å². The quantitative estimate of drug-likeness (QED) is 0.0220. The zero-order chi connectivity index (χ0) is 51.4. The lowest BCUT2D eigenvalue weighted by atomic mass is 9.82. The van der Waals surface area contributed by atoms with E-state index in [4.69, 9.17) is 42.9 Å². The molecule has 2 aliphatic rings. The van der Waals surface area contributed by atoms with Crippen molar-refractivity contribution in [2.45, 2.75) is 96.3 Å². The van der Waals surface area contributed by atoms with Gasteiger partial charge < -0.3 is 37.9 Å². The van der Waals surface area contributed by atoms with Crippen molar-refractivity contribution in [2.75, 3.05) is 26.4 Å². The molecule has 7 rings (SSSR count). The van der Waals surface area contributed by atoms with Crippen LogP contribution in [-0.2, 0) is 38.2 Å². The second-order valence-corrected chi connectivity index (χ2v) is 19.8. The first-order valence-electron chi connectivity index (χ1n) is 24.9. The van der Waals surface area contributed by atoms with Crippen LogP contribution in [0.2, 0.25) is 0 Å². The molecule has 17 heteroatoms. The average molecular weight is 1040 g/mol. The molecule has 0 radical (unpaired) electrons. The van der Waals surface area contributed by atoms with Crippen molar-refractivity contribution in [1.82, 2.24) is 4.98 Å². The van der Waals surface area contributed by atoms with Crippen LogP contribution in [0.25, 0.3) is 20.1 Å². The first kappa shape index (κ1) is 53.9. The van der Waals surface area contributed by atoms with E-state index in [-0.39, 0.29) is 29.5 Å². The van der Waals surface area contributed by atoms with Crippen LogP contribution in [0.1, 0.15) is 96.3 Å². The number of thiazole rings is 1. The van der Waals surface area contributed by atoms with Crippen molar-refractivity contribution in [3.05, 3.63) is 103 Å². The van der Waals surface area contributed by atoms with Crippen molar-refractivity contribution >= 4 is 68.7 Å². The van der Waals surface area contributed by atoms with Crippen molar-refractivity contribution in [3.63, 3.8) is 0 Å². The number of thiophene rings is 1. The highest BCUT2D eigenvalue weighted by Gasteiger charge is 2.35. The first-order valence-corrected chi connectivity index (χ1v) is 26.6. The highest BCUT2D eigenvalue weighted by molar-refractivity contribution is 7.25. The molecule has 0 bridgehead atoms. The molecular formula is C56H61NO14S2. The number of esters is 6.